The number of methoxy groups -OCH3 is 1. The first-order valence-corrected chi connectivity index (χ1v) is 5.93. The molecule has 0 amide bonds. The molecule has 0 aliphatic carbocycles. The lowest BCUT2D eigenvalue weighted by Crippen LogP contribution is -2.13. The van der Waals surface area contributed by atoms with Gasteiger partial charge in [0.05, 0.1) is 12.0 Å². The Bertz CT molecular complexity index is 593. The fourth-order valence-corrected chi connectivity index (χ4v) is 2.47. The van der Waals surface area contributed by atoms with Crippen LogP contribution in [-0.2, 0) is 10.9 Å². The van der Waals surface area contributed by atoms with E-state index in [1.807, 2.05) is 0 Å². The van der Waals surface area contributed by atoms with Crippen LogP contribution in [0.15, 0.2) is 30.3 Å². The molecule has 1 heterocycles. The Balaban J connectivity index is 2.64. The summed E-state index contributed by atoms with van der Waals surface area (Å²) in [4.78, 5) is 11.3. The number of esters is 1. The highest BCUT2D eigenvalue weighted by molar-refractivity contribution is 7.10. The van der Waals surface area contributed by atoms with Gasteiger partial charge in [-0.3, -0.25) is 0 Å². The third kappa shape index (κ3) is 2.60. The van der Waals surface area contributed by atoms with E-state index in [4.69, 9.17) is 0 Å². The van der Waals surface area contributed by atoms with Crippen molar-refractivity contribution in [3.05, 3.63) is 41.6 Å². The van der Waals surface area contributed by atoms with Crippen LogP contribution in [0.3, 0.4) is 0 Å². The molecule has 0 radical (unpaired) electrons. The zero-order valence-corrected chi connectivity index (χ0v) is 10.5. The fraction of sp³-hybridized carbons (Fsp3) is 0.167. The molecule has 3 nitrogen and oxygen atoms in total. The first kappa shape index (κ1) is 13.5. The normalized spacial score (nSPS) is 11.4. The van der Waals surface area contributed by atoms with Gasteiger partial charge in [0.15, 0.2) is 5.69 Å². The number of halogens is 3. The van der Waals surface area contributed by atoms with Gasteiger partial charge in [-0.1, -0.05) is 30.3 Å². The van der Waals surface area contributed by atoms with E-state index in [1.54, 1.807) is 18.2 Å². The van der Waals surface area contributed by atoms with E-state index in [0.29, 0.717) is 17.1 Å². The molecule has 1 aromatic heterocycles. The lowest BCUT2D eigenvalue weighted by atomic mass is 10.1. The van der Waals surface area contributed by atoms with Crippen molar-refractivity contribution in [2.24, 2.45) is 0 Å². The summed E-state index contributed by atoms with van der Waals surface area (Å²) >= 11 is 0.629. The van der Waals surface area contributed by atoms with Crippen molar-refractivity contribution in [3.8, 4) is 10.4 Å². The van der Waals surface area contributed by atoms with Gasteiger partial charge < -0.3 is 4.74 Å². The Morgan fingerprint density at radius 3 is 2.42 bits per heavy atom. The van der Waals surface area contributed by atoms with Gasteiger partial charge >= 0.3 is 12.1 Å². The highest BCUT2D eigenvalue weighted by Gasteiger charge is 2.41. The van der Waals surface area contributed by atoms with Crippen molar-refractivity contribution in [1.82, 2.24) is 4.37 Å². The van der Waals surface area contributed by atoms with Crippen LogP contribution in [0.5, 0.6) is 0 Å². The number of benzene rings is 1. The summed E-state index contributed by atoms with van der Waals surface area (Å²) < 4.78 is 47.2. The second-order valence-corrected chi connectivity index (χ2v) is 4.36. The van der Waals surface area contributed by atoms with Gasteiger partial charge in [0.1, 0.15) is 5.56 Å². The molecule has 0 bridgehead atoms. The summed E-state index contributed by atoms with van der Waals surface area (Å²) in [7, 11) is 1.02. The second-order valence-electron chi connectivity index (χ2n) is 3.59. The Kier molecular flexibility index (Phi) is 3.57. The maximum absolute atomic E-state index is 13.1. The zero-order valence-electron chi connectivity index (χ0n) is 9.69. The molecule has 0 saturated heterocycles. The third-order valence-electron chi connectivity index (χ3n) is 2.39. The Hall–Kier alpha value is -1.89. The molecule has 2 rings (SSSR count). The molecule has 0 atom stereocenters. The van der Waals surface area contributed by atoms with E-state index in [2.05, 4.69) is 9.11 Å². The number of hydrogen-bond donors (Lipinski definition) is 0. The van der Waals surface area contributed by atoms with Crippen LogP contribution in [0.2, 0.25) is 0 Å². The van der Waals surface area contributed by atoms with Crippen LogP contribution < -0.4 is 0 Å². The molecule has 0 fully saturated rings. The van der Waals surface area contributed by atoms with Gasteiger partial charge in [-0.2, -0.15) is 17.5 Å². The van der Waals surface area contributed by atoms with E-state index >= 15 is 0 Å². The van der Waals surface area contributed by atoms with E-state index < -0.39 is 23.4 Å². The molecule has 0 spiro atoms. The number of carbonyl (C=O) groups is 1. The smallest absolute Gasteiger partial charge is 0.420 e. The summed E-state index contributed by atoms with van der Waals surface area (Å²) in [6.07, 6.45) is -4.66. The first-order chi connectivity index (χ1) is 8.95. The minimum absolute atomic E-state index is 0.0894. The maximum Gasteiger partial charge on any atom is 0.420 e. The highest BCUT2D eigenvalue weighted by Crippen LogP contribution is 2.41. The largest absolute Gasteiger partial charge is 0.464 e. The molecule has 0 aliphatic rings. The molecular formula is C12H8F3NO2S. The van der Waals surface area contributed by atoms with Crippen molar-refractivity contribution in [2.75, 3.05) is 7.11 Å². The summed E-state index contributed by atoms with van der Waals surface area (Å²) in [5.41, 5.74) is -1.38. The predicted molar refractivity (Wildman–Crippen MR) is 63.9 cm³/mol. The second kappa shape index (κ2) is 5.00. The monoisotopic (exact) mass is 287 g/mol. The van der Waals surface area contributed by atoms with Crippen LogP contribution >= 0.6 is 11.5 Å². The number of rotatable bonds is 2. The van der Waals surface area contributed by atoms with E-state index in [9.17, 15) is 18.0 Å². The minimum atomic E-state index is -4.66. The quantitative estimate of drug-likeness (QED) is 0.792. The third-order valence-corrected chi connectivity index (χ3v) is 3.29. The number of nitrogens with zero attached hydrogens (tertiary/aromatic N) is 1. The molecule has 0 aliphatic heterocycles. The Labute approximate surface area is 110 Å². The van der Waals surface area contributed by atoms with Gasteiger partial charge in [-0.25, -0.2) is 4.79 Å². The molecule has 0 N–H and O–H groups in total. The zero-order chi connectivity index (χ0) is 14.0. The number of carbonyl (C=O) groups excluding carboxylic acids is 1. The lowest BCUT2D eigenvalue weighted by Gasteiger charge is -2.09. The van der Waals surface area contributed by atoms with Crippen LogP contribution in [0.25, 0.3) is 10.4 Å². The predicted octanol–water partition coefficient (Wildman–Crippen LogP) is 3.62. The van der Waals surface area contributed by atoms with E-state index in [1.165, 1.54) is 12.1 Å². The molecule has 19 heavy (non-hydrogen) atoms. The van der Waals surface area contributed by atoms with Crippen LogP contribution in [0.1, 0.15) is 16.1 Å². The van der Waals surface area contributed by atoms with Gasteiger partial charge in [-0.15, -0.1) is 0 Å². The first-order valence-electron chi connectivity index (χ1n) is 5.15. The standard InChI is InChI=1S/C12H8F3NO2S/c1-18-11(17)9-8(12(13,14)15)10(19-16-9)7-5-3-2-4-6-7/h2-6H,1H3. The number of aromatic nitrogens is 1. The summed E-state index contributed by atoms with van der Waals surface area (Å²) in [5, 5.41) is 0. The van der Waals surface area contributed by atoms with Gasteiger partial charge in [0.2, 0.25) is 0 Å². The topological polar surface area (TPSA) is 39.2 Å². The summed E-state index contributed by atoms with van der Waals surface area (Å²) in [6, 6.07) is 7.99. The Morgan fingerprint density at radius 2 is 1.89 bits per heavy atom. The summed E-state index contributed by atoms with van der Waals surface area (Å²) in [6.45, 7) is 0. The van der Waals surface area contributed by atoms with Crippen molar-refractivity contribution in [2.45, 2.75) is 6.18 Å². The maximum atomic E-state index is 13.1. The molecule has 2 aromatic rings. The average molecular weight is 287 g/mol. The molecule has 0 saturated carbocycles. The number of ether oxygens (including phenoxy) is 1. The van der Waals surface area contributed by atoms with Crippen molar-refractivity contribution >= 4 is 17.5 Å². The summed E-state index contributed by atoms with van der Waals surface area (Å²) in [5.74, 6) is -1.09. The van der Waals surface area contributed by atoms with E-state index in [0.717, 1.165) is 7.11 Å². The van der Waals surface area contributed by atoms with Crippen LogP contribution in [0.4, 0.5) is 13.2 Å². The fourth-order valence-electron chi connectivity index (χ4n) is 1.58. The highest BCUT2D eigenvalue weighted by atomic mass is 32.1. The molecular weight excluding hydrogens is 279 g/mol. The van der Waals surface area contributed by atoms with Crippen LogP contribution in [-0.4, -0.2) is 17.5 Å². The van der Waals surface area contributed by atoms with Crippen LogP contribution in [0, 0.1) is 0 Å². The minimum Gasteiger partial charge on any atom is -0.464 e. The van der Waals surface area contributed by atoms with Crippen molar-refractivity contribution in [3.63, 3.8) is 0 Å². The molecule has 100 valence electrons. The van der Waals surface area contributed by atoms with Crippen molar-refractivity contribution in [1.29, 1.82) is 0 Å². The van der Waals surface area contributed by atoms with Gasteiger partial charge in [-0.05, 0) is 17.1 Å². The Morgan fingerprint density at radius 1 is 1.26 bits per heavy atom. The molecule has 7 heteroatoms. The molecule has 0 unspecified atom stereocenters. The average Bonchev–Trinajstić information content (AvgIpc) is 2.83. The number of alkyl halides is 3. The van der Waals surface area contributed by atoms with Gasteiger partial charge in [0.25, 0.3) is 0 Å². The lowest BCUT2D eigenvalue weighted by molar-refractivity contribution is -0.137. The SMILES string of the molecule is COC(=O)c1nsc(-c2ccccc2)c1C(F)(F)F. The number of hydrogen-bond acceptors (Lipinski definition) is 4. The van der Waals surface area contributed by atoms with Crippen molar-refractivity contribution < 1.29 is 22.7 Å². The molecule has 1 aromatic carbocycles. The van der Waals surface area contributed by atoms with E-state index in [-0.39, 0.29) is 4.88 Å². The van der Waals surface area contributed by atoms with Gasteiger partial charge in [0, 0.05) is 0 Å².